The van der Waals surface area contributed by atoms with E-state index >= 15 is 0 Å². The van der Waals surface area contributed by atoms with Gasteiger partial charge in [0.05, 0.1) is 0 Å². The summed E-state index contributed by atoms with van der Waals surface area (Å²) in [7, 11) is 0. The molecule has 0 fully saturated rings. The van der Waals surface area contributed by atoms with Crippen molar-refractivity contribution in [3.63, 3.8) is 0 Å². The second kappa shape index (κ2) is 12.8. The van der Waals surface area contributed by atoms with Crippen molar-refractivity contribution < 1.29 is 61.0 Å². The van der Waals surface area contributed by atoms with E-state index in [1.54, 1.807) is 0 Å². The van der Waals surface area contributed by atoms with Gasteiger partial charge in [-0.2, -0.15) is 0 Å². The summed E-state index contributed by atoms with van der Waals surface area (Å²) in [5, 5.41) is 112. The molecule has 3 aromatic rings. The summed E-state index contributed by atoms with van der Waals surface area (Å²) >= 11 is 0. The maximum Gasteiger partial charge on any atom is 0.200 e. The molecule has 12 heteroatoms. The van der Waals surface area contributed by atoms with Crippen molar-refractivity contribution in [1.82, 2.24) is 0 Å². The summed E-state index contributed by atoms with van der Waals surface area (Å²) in [6.45, 7) is 7.17. The highest BCUT2D eigenvalue weighted by atomic mass is 16.3. The minimum Gasteiger partial charge on any atom is -0.511 e. The van der Waals surface area contributed by atoms with Gasteiger partial charge in [0.1, 0.15) is 22.7 Å². The van der Waals surface area contributed by atoms with Crippen LogP contribution in [0.2, 0.25) is 0 Å². The van der Waals surface area contributed by atoms with Gasteiger partial charge in [0, 0.05) is 16.5 Å². The predicted molar refractivity (Wildman–Crippen MR) is 168 cm³/mol. The van der Waals surface area contributed by atoms with E-state index in [1.807, 2.05) is 0 Å². The Morgan fingerprint density at radius 3 is 1.54 bits per heavy atom. The van der Waals surface area contributed by atoms with Crippen molar-refractivity contribution >= 4 is 5.78 Å². The maximum atomic E-state index is 13.5. The average molecular weight is 635 g/mol. The molecule has 11 N–H and O–H groups in total. The van der Waals surface area contributed by atoms with Gasteiger partial charge >= 0.3 is 0 Å². The van der Waals surface area contributed by atoms with Gasteiger partial charge in [0.2, 0.25) is 11.5 Å². The molecule has 0 heterocycles. The first kappa shape index (κ1) is 34.3. The number of aromatic hydroxyl groups is 6. The minimum atomic E-state index is -1.92. The number of aliphatic hydroxyl groups excluding tert-OH is 5. The van der Waals surface area contributed by atoms with Gasteiger partial charge in [0.25, 0.3) is 0 Å². The lowest BCUT2D eigenvalue weighted by atomic mass is 9.69. The molecule has 3 rings (SSSR count). The first-order chi connectivity index (χ1) is 21.4. The SMILES string of the molecule is C=C(O)/C(O)=C\C=C(/O)C(C)(C(=O)/C=C\C(O)=C(/C)O)c1ccc(C(C)(c2ccc(O)c(O)c2O)c2ccc(O)c(O)c2O)cc1. The second-order valence-electron chi connectivity index (χ2n) is 10.7. The average Bonchev–Trinajstić information content (AvgIpc) is 3.02. The monoisotopic (exact) mass is 634 g/mol. The van der Waals surface area contributed by atoms with Crippen LogP contribution < -0.4 is 0 Å². The van der Waals surface area contributed by atoms with Crippen LogP contribution >= 0.6 is 0 Å². The van der Waals surface area contributed by atoms with Crippen LogP contribution in [0.4, 0.5) is 0 Å². The molecule has 0 amide bonds. The molecule has 0 saturated carbocycles. The van der Waals surface area contributed by atoms with Crippen LogP contribution in [0.15, 0.2) is 108 Å². The van der Waals surface area contributed by atoms with Gasteiger partial charge in [0.15, 0.2) is 40.3 Å². The van der Waals surface area contributed by atoms with Gasteiger partial charge in [-0.05, 0) is 68.3 Å². The maximum absolute atomic E-state index is 13.5. The highest BCUT2D eigenvalue weighted by Gasteiger charge is 2.41. The number of hydrogen-bond donors (Lipinski definition) is 11. The molecule has 3 aromatic carbocycles. The molecular weight excluding hydrogens is 600 g/mol. The molecule has 0 aliphatic rings. The molecule has 0 bridgehead atoms. The van der Waals surface area contributed by atoms with Crippen LogP contribution in [-0.4, -0.2) is 62.0 Å². The smallest absolute Gasteiger partial charge is 0.200 e. The zero-order valence-electron chi connectivity index (χ0n) is 25.0. The van der Waals surface area contributed by atoms with E-state index < -0.39 is 79.9 Å². The van der Waals surface area contributed by atoms with Crippen molar-refractivity contribution in [1.29, 1.82) is 0 Å². The Labute approximate surface area is 263 Å². The van der Waals surface area contributed by atoms with Gasteiger partial charge in [-0.1, -0.05) is 43.0 Å². The first-order valence-electron chi connectivity index (χ1n) is 13.5. The van der Waals surface area contributed by atoms with Gasteiger partial charge in [-0.3, -0.25) is 4.79 Å². The number of ketones is 1. The van der Waals surface area contributed by atoms with Crippen LogP contribution in [0.3, 0.4) is 0 Å². The number of phenolic OH excluding ortho intramolecular Hbond substituents is 6. The molecule has 0 aliphatic carbocycles. The summed E-state index contributed by atoms with van der Waals surface area (Å²) in [5.41, 5.74) is -3.22. The molecule has 0 radical (unpaired) electrons. The molecular formula is C34H34O12. The molecule has 1 unspecified atom stereocenters. The predicted octanol–water partition coefficient (Wildman–Crippen LogP) is 5.96. The van der Waals surface area contributed by atoms with E-state index in [0.717, 1.165) is 36.4 Å². The van der Waals surface area contributed by atoms with Crippen molar-refractivity contribution in [3.05, 3.63) is 130 Å². The van der Waals surface area contributed by atoms with Crippen LogP contribution in [0.5, 0.6) is 34.5 Å². The quantitative estimate of drug-likeness (QED) is 0.0407. The largest absolute Gasteiger partial charge is 0.511 e. The zero-order valence-corrected chi connectivity index (χ0v) is 25.0. The molecule has 0 saturated heterocycles. The molecule has 12 nitrogen and oxygen atoms in total. The lowest BCUT2D eigenvalue weighted by Gasteiger charge is -2.34. The standard InChI is InChI=1S/C34H34O12/c1-17(35)23(37)13-15-27(41)34(4,28(42)16-14-24(38)18(2)36)20-7-5-19(6-8-20)33(3,21-9-11-25(39)31(45)29(21)43)22-10-12-26(40)32(46)30(22)44/h5-16,35-41,43-46H,1H2,2-4H3/b16-14-,23-13+,24-18-,27-15-. The van der Waals surface area contributed by atoms with Gasteiger partial charge in [-0.25, -0.2) is 0 Å². The van der Waals surface area contributed by atoms with Gasteiger partial charge in [-0.15, -0.1) is 0 Å². The Balaban J connectivity index is 2.33. The lowest BCUT2D eigenvalue weighted by molar-refractivity contribution is -0.119. The third-order valence-electron chi connectivity index (χ3n) is 7.84. The topological polar surface area (TPSA) is 240 Å². The van der Waals surface area contributed by atoms with E-state index in [4.69, 9.17) is 0 Å². The Kier molecular flexibility index (Phi) is 9.57. The number of benzene rings is 3. The number of aliphatic hydroxyl groups is 5. The third-order valence-corrected chi connectivity index (χ3v) is 7.84. The summed E-state index contributed by atoms with van der Waals surface area (Å²) in [6, 6.07) is 10.4. The lowest BCUT2D eigenvalue weighted by Crippen LogP contribution is -2.34. The molecule has 0 aromatic heterocycles. The molecule has 242 valence electrons. The van der Waals surface area contributed by atoms with E-state index in [2.05, 4.69) is 6.58 Å². The molecule has 1 atom stereocenters. The fourth-order valence-electron chi connectivity index (χ4n) is 4.82. The highest BCUT2D eigenvalue weighted by molar-refractivity contribution is 6.01. The Hall–Kier alpha value is -6.17. The summed E-state index contributed by atoms with van der Waals surface area (Å²) in [5.74, 6) is -8.44. The summed E-state index contributed by atoms with van der Waals surface area (Å²) in [4.78, 5) is 13.5. The van der Waals surface area contributed by atoms with Crippen LogP contribution in [0, 0.1) is 0 Å². The zero-order chi connectivity index (χ0) is 34.7. The Morgan fingerprint density at radius 2 is 1.11 bits per heavy atom. The number of rotatable bonds is 10. The van der Waals surface area contributed by atoms with E-state index in [9.17, 15) is 61.0 Å². The summed E-state index contributed by atoms with van der Waals surface area (Å²) < 4.78 is 0. The van der Waals surface area contributed by atoms with Crippen LogP contribution in [0.25, 0.3) is 0 Å². The fraction of sp³-hybridized carbons (Fsp3) is 0.147. The molecule has 0 aliphatic heterocycles. The Morgan fingerprint density at radius 1 is 0.652 bits per heavy atom. The first-order valence-corrected chi connectivity index (χ1v) is 13.5. The Bertz CT molecular complexity index is 1750. The van der Waals surface area contributed by atoms with Crippen LogP contribution in [0.1, 0.15) is 43.0 Å². The van der Waals surface area contributed by atoms with E-state index in [1.165, 1.54) is 57.2 Å². The highest BCUT2D eigenvalue weighted by Crippen LogP contribution is 2.53. The normalized spacial score (nSPS) is 14.5. The number of carbonyl (C=O) groups excluding carboxylic acids is 1. The number of phenols is 6. The van der Waals surface area contributed by atoms with Crippen LogP contribution in [-0.2, 0) is 15.6 Å². The number of carbonyl (C=O) groups is 1. The van der Waals surface area contributed by atoms with E-state index in [0.29, 0.717) is 0 Å². The fourth-order valence-corrected chi connectivity index (χ4v) is 4.82. The number of allylic oxidation sites excluding steroid dienone is 6. The van der Waals surface area contributed by atoms with Gasteiger partial charge < -0.3 is 56.2 Å². The molecule has 46 heavy (non-hydrogen) atoms. The van der Waals surface area contributed by atoms with E-state index in [-0.39, 0.29) is 22.3 Å². The summed E-state index contributed by atoms with van der Waals surface area (Å²) in [6.07, 6.45) is 3.66. The number of hydrogen-bond acceptors (Lipinski definition) is 12. The second-order valence-corrected chi connectivity index (χ2v) is 10.7. The van der Waals surface area contributed by atoms with Crippen molar-refractivity contribution in [2.45, 2.75) is 31.6 Å². The minimum absolute atomic E-state index is 0.0491. The van der Waals surface area contributed by atoms with Crippen molar-refractivity contribution in [2.75, 3.05) is 0 Å². The van der Waals surface area contributed by atoms with Crippen molar-refractivity contribution in [2.24, 2.45) is 0 Å². The third kappa shape index (κ3) is 6.09. The van der Waals surface area contributed by atoms with Crippen molar-refractivity contribution in [3.8, 4) is 34.5 Å². The molecule has 0 spiro atoms.